The summed E-state index contributed by atoms with van der Waals surface area (Å²) in [6, 6.07) is 7.06. The maximum Gasteiger partial charge on any atom is 0.201 e. The van der Waals surface area contributed by atoms with Crippen molar-refractivity contribution in [2.24, 2.45) is 0 Å². The third-order valence-corrected chi connectivity index (χ3v) is 2.68. The predicted octanol–water partition coefficient (Wildman–Crippen LogP) is 2.75. The Hall–Kier alpha value is -1.26. The molecule has 14 heavy (non-hydrogen) atoms. The summed E-state index contributed by atoms with van der Waals surface area (Å²) in [6.07, 6.45) is 0. The zero-order valence-electron chi connectivity index (χ0n) is 7.07. The minimum absolute atomic E-state index is 0.129. The number of thiazole rings is 1. The molecule has 0 saturated heterocycles. The van der Waals surface area contributed by atoms with E-state index in [2.05, 4.69) is 4.98 Å². The maximum absolute atomic E-state index is 9.50. The van der Waals surface area contributed by atoms with Gasteiger partial charge in [0.1, 0.15) is 5.69 Å². The number of anilines is 1. The molecule has 0 aliphatic rings. The Morgan fingerprint density at radius 1 is 1.29 bits per heavy atom. The summed E-state index contributed by atoms with van der Waals surface area (Å²) in [4.78, 5) is 4.01. The summed E-state index contributed by atoms with van der Waals surface area (Å²) in [5.74, 6) is 0. The Labute approximate surface area is 89.8 Å². The largest absolute Gasteiger partial charge is 0.498 e. The van der Waals surface area contributed by atoms with Gasteiger partial charge in [-0.1, -0.05) is 35.1 Å². The first kappa shape index (κ1) is 9.30. The SMILES string of the molecule is Nc1nc(-c2ccc(Cl)cc2)c(O)s1. The lowest BCUT2D eigenvalue weighted by Crippen LogP contribution is -1.82. The maximum atomic E-state index is 9.50. The molecule has 1 aromatic heterocycles. The van der Waals surface area contributed by atoms with Crippen molar-refractivity contribution in [3.8, 4) is 16.3 Å². The second-order valence-electron chi connectivity index (χ2n) is 2.71. The Balaban J connectivity index is 2.49. The molecule has 1 aromatic carbocycles. The molecule has 2 rings (SSSR count). The number of aromatic nitrogens is 1. The Kier molecular flexibility index (Phi) is 2.31. The Morgan fingerprint density at radius 2 is 1.93 bits per heavy atom. The van der Waals surface area contributed by atoms with Crippen LogP contribution in [0.5, 0.6) is 5.06 Å². The molecule has 3 N–H and O–H groups in total. The van der Waals surface area contributed by atoms with Gasteiger partial charge in [-0.3, -0.25) is 0 Å². The second kappa shape index (κ2) is 3.48. The van der Waals surface area contributed by atoms with Crippen LogP contribution in [0.25, 0.3) is 11.3 Å². The average molecular weight is 227 g/mol. The van der Waals surface area contributed by atoms with Gasteiger partial charge in [0.2, 0.25) is 5.06 Å². The second-order valence-corrected chi connectivity index (χ2v) is 4.16. The van der Waals surface area contributed by atoms with Gasteiger partial charge in [-0.25, -0.2) is 4.98 Å². The number of halogens is 1. The van der Waals surface area contributed by atoms with Crippen LogP contribution in [0.1, 0.15) is 0 Å². The van der Waals surface area contributed by atoms with Gasteiger partial charge < -0.3 is 10.8 Å². The molecule has 72 valence electrons. The zero-order chi connectivity index (χ0) is 10.1. The van der Waals surface area contributed by atoms with Gasteiger partial charge in [0.25, 0.3) is 0 Å². The van der Waals surface area contributed by atoms with Gasteiger partial charge in [-0.05, 0) is 12.1 Å². The first-order valence-electron chi connectivity index (χ1n) is 3.88. The highest BCUT2D eigenvalue weighted by Gasteiger charge is 2.09. The van der Waals surface area contributed by atoms with Crippen LogP contribution in [-0.4, -0.2) is 10.1 Å². The number of hydrogen-bond donors (Lipinski definition) is 2. The van der Waals surface area contributed by atoms with E-state index in [0.717, 1.165) is 16.9 Å². The van der Waals surface area contributed by atoms with Gasteiger partial charge in [-0.2, -0.15) is 0 Å². The fraction of sp³-hybridized carbons (Fsp3) is 0. The van der Waals surface area contributed by atoms with Crippen molar-refractivity contribution < 1.29 is 5.11 Å². The van der Waals surface area contributed by atoms with Crippen molar-refractivity contribution in [3.05, 3.63) is 29.3 Å². The molecule has 0 bridgehead atoms. The van der Waals surface area contributed by atoms with Gasteiger partial charge in [-0.15, -0.1) is 0 Å². The smallest absolute Gasteiger partial charge is 0.201 e. The fourth-order valence-electron chi connectivity index (χ4n) is 1.12. The molecule has 5 heteroatoms. The van der Waals surface area contributed by atoms with Crippen molar-refractivity contribution in [2.45, 2.75) is 0 Å². The van der Waals surface area contributed by atoms with E-state index >= 15 is 0 Å². The van der Waals surface area contributed by atoms with Crippen molar-refractivity contribution >= 4 is 28.1 Å². The lowest BCUT2D eigenvalue weighted by atomic mass is 10.2. The molecule has 0 saturated carbocycles. The third-order valence-electron chi connectivity index (χ3n) is 1.74. The first-order valence-corrected chi connectivity index (χ1v) is 5.07. The quantitative estimate of drug-likeness (QED) is 0.786. The van der Waals surface area contributed by atoms with E-state index in [1.54, 1.807) is 24.3 Å². The summed E-state index contributed by atoms with van der Waals surface area (Å²) < 4.78 is 0. The van der Waals surface area contributed by atoms with Crippen LogP contribution in [0.15, 0.2) is 24.3 Å². The number of benzene rings is 1. The molecular formula is C9H7ClN2OS. The topological polar surface area (TPSA) is 59.1 Å². The summed E-state index contributed by atoms with van der Waals surface area (Å²) in [5.41, 5.74) is 6.78. The summed E-state index contributed by atoms with van der Waals surface area (Å²) in [5, 5.41) is 10.6. The fourth-order valence-corrected chi connectivity index (χ4v) is 1.85. The monoisotopic (exact) mass is 226 g/mol. The molecule has 0 atom stereocenters. The Bertz CT molecular complexity index is 452. The van der Waals surface area contributed by atoms with Gasteiger partial charge in [0, 0.05) is 10.6 Å². The minimum Gasteiger partial charge on any atom is -0.498 e. The molecule has 0 fully saturated rings. The summed E-state index contributed by atoms with van der Waals surface area (Å²) in [7, 11) is 0. The summed E-state index contributed by atoms with van der Waals surface area (Å²) >= 11 is 6.80. The average Bonchev–Trinajstić information content (AvgIpc) is 2.47. The number of nitrogens with two attached hydrogens (primary N) is 1. The van der Waals surface area contributed by atoms with Crippen LogP contribution in [-0.2, 0) is 0 Å². The van der Waals surface area contributed by atoms with E-state index in [-0.39, 0.29) is 5.06 Å². The molecule has 0 aliphatic carbocycles. The predicted molar refractivity (Wildman–Crippen MR) is 58.6 cm³/mol. The van der Waals surface area contributed by atoms with E-state index in [0.29, 0.717) is 15.8 Å². The lowest BCUT2D eigenvalue weighted by Gasteiger charge is -1.96. The number of nitrogen functional groups attached to an aromatic ring is 1. The highest BCUT2D eigenvalue weighted by Crippen LogP contribution is 2.35. The lowest BCUT2D eigenvalue weighted by molar-refractivity contribution is 0.491. The van der Waals surface area contributed by atoms with Crippen molar-refractivity contribution in [2.75, 3.05) is 5.73 Å². The van der Waals surface area contributed by atoms with E-state index in [9.17, 15) is 5.11 Å². The molecule has 0 spiro atoms. The number of rotatable bonds is 1. The van der Waals surface area contributed by atoms with Crippen molar-refractivity contribution in [3.63, 3.8) is 0 Å². The van der Waals surface area contributed by atoms with Gasteiger partial charge >= 0.3 is 0 Å². The van der Waals surface area contributed by atoms with Crippen molar-refractivity contribution in [1.82, 2.24) is 4.98 Å². The molecule has 3 nitrogen and oxygen atoms in total. The number of hydrogen-bond acceptors (Lipinski definition) is 4. The molecule has 2 aromatic rings. The standard InChI is InChI=1S/C9H7ClN2OS/c10-6-3-1-5(2-4-6)7-8(13)14-9(11)12-7/h1-4,13H,(H2,11,12). The Morgan fingerprint density at radius 3 is 2.43 bits per heavy atom. The highest BCUT2D eigenvalue weighted by molar-refractivity contribution is 7.17. The molecule has 0 radical (unpaired) electrons. The third kappa shape index (κ3) is 1.66. The van der Waals surface area contributed by atoms with Crippen molar-refractivity contribution in [1.29, 1.82) is 0 Å². The normalized spacial score (nSPS) is 10.4. The van der Waals surface area contributed by atoms with Crippen LogP contribution in [0.4, 0.5) is 5.13 Å². The molecule has 0 aliphatic heterocycles. The van der Waals surface area contributed by atoms with Gasteiger partial charge in [0.05, 0.1) is 0 Å². The van der Waals surface area contributed by atoms with Gasteiger partial charge in [0.15, 0.2) is 5.13 Å². The van der Waals surface area contributed by atoms with E-state index in [4.69, 9.17) is 17.3 Å². The molecule has 0 amide bonds. The van der Waals surface area contributed by atoms with E-state index < -0.39 is 0 Å². The van der Waals surface area contributed by atoms with Crippen LogP contribution in [0.3, 0.4) is 0 Å². The molecule has 0 unspecified atom stereocenters. The van der Waals surface area contributed by atoms with Crippen LogP contribution >= 0.6 is 22.9 Å². The van der Waals surface area contributed by atoms with E-state index in [1.165, 1.54) is 0 Å². The van der Waals surface area contributed by atoms with Crippen LogP contribution in [0, 0.1) is 0 Å². The highest BCUT2D eigenvalue weighted by atomic mass is 35.5. The van der Waals surface area contributed by atoms with Crippen LogP contribution < -0.4 is 5.73 Å². The molecule has 1 heterocycles. The molecular weight excluding hydrogens is 220 g/mol. The number of aromatic hydroxyl groups is 1. The van der Waals surface area contributed by atoms with Crippen LogP contribution in [0.2, 0.25) is 5.02 Å². The number of nitrogens with zero attached hydrogens (tertiary/aromatic N) is 1. The first-order chi connectivity index (χ1) is 6.66. The summed E-state index contributed by atoms with van der Waals surface area (Å²) in [6.45, 7) is 0. The van der Waals surface area contributed by atoms with E-state index in [1.807, 2.05) is 0 Å². The zero-order valence-corrected chi connectivity index (χ0v) is 8.64. The minimum atomic E-state index is 0.129.